The predicted molar refractivity (Wildman–Crippen MR) is 114 cm³/mol. The van der Waals surface area contributed by atoms with Gasteiger partial charge in [0, 0.05) is 24.2 Å². The van der Waals surface area contributed by atoms with Gasteiger partial charge in [-0.1, -0.05) is 13.2 Å². The van der Waals surface area contributed by atoms with Gasteiger partial charge in [-0.15, -0.1) is 0 Å². The average molecular weight is 486 g/mol. The van der Waals surface area contributed by atoms with Crippen LogP contribution in [0.5, 0.6) is 0 Å². The summed E-state index contributed by atoms with van der Waals surface area (Å²) in [5.74, 6) is -0.806. The van der Waals surface area contributed by atoms with Crippen molar-refractivity contribution >= 4 is 27.0 Å². The van der Waals surface area contributed by atoms with Gasteiger partial charge in [-0.3, -0.25) is 18.7 Å². The van der Waals surface area contributed by atoms with Crippen molar-refractivity contribution in [2.45, 2.75) is 19.3 Å². The number of carbonyl (C=O) groups excluding carboxylic acids is 2. The molecule has 0 aromatic heterocycles. The summed E-state index contributed by atoms with van der Waals surface area (Å²) in [5.41, 5.74) is 0.305. The molecule has 0 atom stereocenters. The molecule has 0 fully saturated rings. The molecule has 0 bridgehead atoms. The highest BCUT2D eigenvalue weighted by Crippen LogP contribution is 2.33. The lowest BCUT2D eigenvalue weighted by atomic mass is 10.2. The zero-order valence-corrected chi connectivity index (χ0v) is 19.1. The third kappa shape index (κ3) is 19.1. The van der Waals surface area contributed by atoms with Crippen LogP contribution in [0.2, 0.25) is 0 Å². The minimum Gasteiger partial charge on any atom is -0.376 e. The van der Waals surface area contributed by atoms with Crippen molar-refractivity contribution < 1.29 is 47.8 Å². The number of amides is 2. The van der Waals surface area contributed by atoms with Gasteiger partial charge in [0.25, 0.3) is 0 Å². The molecule has 0 aliphatic rings. The van der Waals surface area contributed by atoms with E-state index in [1.54, 1.807) is 0 Å². The van der Waals surface area contributed by atoms with Gasteiger partial charge in [0.05, 0.1) is 38.8 Å². The molecule has 14 heteroatoms. The van der Waals surface area contributed by atoms with E-state index in [9.17, 15) is 18.7 Å². The molecule has 0 spiro atoms. The number of rotatable bonds is 18. The van der Waals surface area contributed by atoms with E-state index in [4.69, 9.17) is 29.0 Å². The molecule has 6 N–H and O–H groups in total. The largest absolute Gasteiger partial charge is 0.376 e. The molecule has 0 aliphatic heterocycles. The number of ether oxygens (including phenoxy) is 2. The van der Waals surface area contributed by atoms with E-state index in [0.717, 1.165) is 6.42 Å². The van der Waals surface area contributed by atoms with Crippen molar-refractivity contribution in [3.05, 3.63) is 24.3 Å². The first-order valence-corrected chi connectivity index (χ1v) is 13.1. The molecule has 0 aromatic rings. The van der Waals surface area contributed by atoms with E-state index in [-0.39, 0.29) is 37.6 Å². The van der Waals surface area contributed by atoms with Gasteiger partial charge in [-0.25, -0.2) is 0 Å². The van der Waals surface area contributed by atoms with Gasteiger partial charge in [-0.05, 0) is 19.3 Å². The Kier molecular flexibility index (Phi) is 14.8. The Bertz CT molecular complexity index is 643. The monoisotopic (exact) mass is 486 g/mol. The first-order chi connectivity index (χ1) is 14.3. The lowest BCUT2D eigenvalue weighted by Crippen LogP contribution is -2.28. The van der Waals surface area contributed by atoms with Crippen LogP contribution in [0.15, 0.2) is 24.3 Å². The van der Waals surface area contributed by atoms with Crippen molar-refractivity contribution in [2.24, 2.45) is 0 Å². The number of hydrogen-bond donors (Lipinski definition) is 6. The topological polar surface area (TPSA) is 192 Å². The van der Waals surface area contributed by atoms with Gasteiger partial charge in [0.1, 0.15) is 0 Å². The van der Waals surface area contributed by atoms with Gasteiger partial charge >= 0.3 is 15.2 Å². The number of nitrogens with one attached hydrogen (secondary N) is 2. The first kappa shape index (κ1) is 29.6. The fraction of sp³-hybridized carbons (Fsp3) is 0.647. The molecule has 180 valence electrons. The maximum absolute atomic E-state index is 11.8. The fourth-order valence-corrected chi connectivity index (χ4v) is 2.70. The Morgan fingerprint density at radius 1 is 0.710 bits per heavy atom. The van der Waals surface area contributed by atoms with Crippen LogP contribution >= 0.6 is 15.2 Å². The van der Waals surface area contributed by atoms with Crippen LogP contribution in [-0.4, -0.2) is 83.2 Å². The SMILES string of the molecule is C=C(COCCP(=O)(O)O)C(=O)NCCCCCNC(=O)C(=C)COCCP(=O)(O)O. The highest BCUT2D eigenvalue weighted by Gasteiger charge is 2.14. The standard InChI is InChI=1S/C17H32N2O10P2/c1-14(12-28-8-10-30(22,23)24)16(20)18-6-4-3-5-7-19-17(21)15(2)13-29-9-11-31(25,26)27/h1-13H2,(H,18,20)(H,19,21)(H2,22,23,24)(H2,25,26,27). The lowest BCUT2D eigenvalue weighted by molar-refractivity contribution is -0.118. The number of carbonyl (C=O) groups is 2. The number of hydrogen-bond acceptors (Lipinski definition) is 6. The van der Waals surface area contributed by atoms with Crippen LogP contribution in [0.1, 0.15) is 19.3 Å². The minimum atomic E-state index is -4.12. The van der Waals surface area contributed by atoms with Crippen molar-refractivity contribution in [3.8, 4) is 0 Å². The fourth-order valence-electron chi connectivity index (χ4n) is 1.97. The van der Waals surface area contributed by atoms with Crippen LogP contribution in [0.4, 0.5) is 0 Å². The molecule has 2 amide bonds. The zero-order valence-electron chi connectivity index (χ0n) is 17.3. The van der Waals surface area contributed by atoms with E-state index < -0.39 is 39.3 Å². The summed E-state index contributed by atoms with van der Waals surface area (Å²) in [4.78, 5) is 58.3. The number of unbranched alkanes of at least 4 members (excludes halogenated alkanes) is 2. The third-order valence-electron chi connectivity index (χ3n) is 3.67. The van der Waals surface area contributed by atoms with Crippen molar-refractivity contribution in [1.29, 1.82) is 0 Å². The maximum atomic E-state index is 11.8. The normalized spacial score (nSPS) is 11.7. The van der Waals surface area contributed by atoms with Crippen molar-refractivity contribution in [3.63, 3.8) is 0 Å². The smallest absolute Gasteiger partial charge is 0.327 e. The van der Waals surface area contributed by atoms with Crippen LogP contribution in [0.3, 0.4) is 0 Å². The summed E-state index contributed by atoms with van der Waals surface area (Å²) in [6, 6.07) is 0. The second-order valence-electron chi connectivity index (χ2n) is 6.66. The molecule has 0 aromatic carbocycles. The summed E-state index contributed by atoms with van der Waals surface area (Å²) < 4.78 is 31.3. The molecule has 0 rings (SSSR count). The molecule has 0 unspecified atom stereocenters. The molecule has 0 radical (unpaired) electrons. The van der Waals surface area contributed by atoms with E-state index in [1.807, 2.05) is 0 Å². The second-order valence-corrected chi connectivity index (χ2v) is 10.2. The molecule has 12 nitrogen and oxygen atoms in total. The van der Waals surface area contributed by atoms with E-state index in [1.165, 1.54) is 0 Å². The molecular weight excluding hydrogens is 454 g/mol. The Balaban J connectivity index is 3.70. The van der Waals surface area contributed by atoms with E-state index in [2.05, 4.69) is 23.8 Å². The Labute approximate surface area is 181 Å². The molecule has 31 heavy (non-hydrogen) atoms. The van der Waals surface area contributed by atoms with Gasteiger partial charge < -0.3 is 39.7 Å². The highest BCUT2D eigenvalue weighted by atomic mass is 31.2. The minimum absolute atomic E-state index is 0.120. The summed E-state index contributed by atoms with van der Waals surface area (Å²) in [7, 11) is -8.25. The van der Waals surface area contributed by atoms with Gasteiger partial charge in [0.15, 0.2) is 0 Å². The average Bonchev–Trinajstić information content (AvgIpc) is 2.65. The first-order valence-electron chi connectivity index (χ1n) is 9.48. The second kappa shape index (κ2) is 15.4. The zero-order chi connectivity index (χ0) is 23.9. The van der Waals surface area contributed by atoms with Crippen LogP contribution in [-0.2, 0) is 28.2 Å². The van der Waals surface area contributed by atoms with Crippen LogP contribution < -0.4 is 10.6 Å². The Morgan fingerprint density at radius 3 is 1.39 bits per heavy atom. The third-order valence-corrected chi connectivity index (χ3v) is 5.20. The lowest BCUT2D eigenvalue weighted by Gasteiger charge is -2.10. The summed E-state index contributed by atoms with van der Waals surface area (Å²) in [6.45, 7) is 7.32. The van der Waals surface area contributed by atoms with Crippen LogP contribution in [0, 0.1) is 0 Å². The Morgan fingerprint density at radius 2 is 1.06 bits per heavy atom. The van der Waals surface area contributed by atoms with Gasteiger partial charge in [-0.2, -0.15) is 0 Å². The van der Waals surface area contributed by atoms with E-state index >= 15 is 0 Å². The molecule has 0 saturated heterocycles. The molecular formula is C17H32N2O10P2. The molecule has 0 aliphatic carbocycles. The van der Waals surface area contributed by atoms with E-state index in [0.29, 0.717) is 25.9 Å². The summed E-state index contributed by atoms with van der Waals surface area (Å²) in [6.07, 6.45) is 1.22. The maximum Gasteiger partial charge on any atom is 0.327 e. The van der Waals surface area contributed by atoms with Crippen LogP contribution in [0.25, 0.3) is 0 Å². The highest BCUT2D eigenvalue weighted by molar-refractivity contribution is 7.52. The van der Waals surface area contributed by atoms with Crippen molar-refractivity contribution in [1.82, 2.24) is 10.6 Å². The summed E-state index contributed by atoms with van der Waals surface area (Å²) in [5, 5.41) is 5.30. The Hall–Kier alpha value is -1.36. The molecule has 0 saturated carbocycles. The predicted octanol–water partition coefficient (Wildman–Crippen LogP) is -0.110. The summed E-state index contributed by atoms with van der Waals surface area (Å²) >= 11 is 0. The van der Waals surface area contributed by atoms with Crippen molar-refractivity contribution in [2.75, 3.05) is 51.8 Å². The molecule has 0 heterocycles. The van der Waals surface area contributed by atoms with Gasteiger partial charge in [0.2, 0.25) is 11.8 Å². The quantitative estimate of drug-likeness (QED) is 0.0865.